The summed E-state index contributed by atoms with van der Waals surface area (Å²) in [7, 11) is 1.62. The molecule has 104 valence electrons. The largest absolute Gasteiger partial charge is 0.389 e. The lowest BCUT2D eigenvalue weighted by Gasteiger charge is -2.12. The molecule has 0 spiro atoms. The average molecular weight is 290 g/mol. The number of anilines is 2. The molecule has 0 heterocycles. The van der Waals surface area contributed by atoms with E-state index in [9.17, 15) is 4.39 Å². The molecule has 0 aliphatic carbocycles. The van der Waals surface area contributed by atoms with E-state index in [1.807, 2.05) is 24.3 Å². The average Bonchev–Trinajstić information content (AvgIpc) is 2.43. The Labute approximate surface area is 122 Å². The highest BCUT2D eigenvalue weighted by Crippen LogP contribution is 2.24. The number of ether oxygens (including phenoxy) is 1. The molecule has 3 N–H and O–H groups in total. The van der Waals surface area contributed by atoms with Crippen LogP contribution >= 0.6 is 12.2 Å². The summed E-state index contributed by atoms with van der Waals surface area (Å²) in [6.45, 7) is 0.454. The lowest BCUT2D eigenvalue weighted by atomic mass is 10.1. The summed E-state index contributed by atoms with van der Waals surface area (Å²) >= 11 is 4.82. The summed E-state index contributed by atoms with van der Waals surface area (Å²) in [5.41, 5.74) is 8.11. The van der Waals surface area contributed by atoms with Gasteiger partial charge >= 0.3 is 0 Å². The summed E-state index contributed by atoms with van der Waals surface area (Å²) in [6, 6.07) is 12.2. The van der Waals surface area contributed by atoms with Crippen LogP contribution in [0.25, 0.3) is 0 Å². The van der Waals surface area contributed by atoms with E-state index in [0.29, 0.717) is 17.9 Å². The summed E-state index contributed by atoms with van der Waals surface area (Å²) in [4.78, 5) is 0.176. The van der Waals surface area contributed by atoms with Gasteiger partial charge in [0.05, 0.1) is 12.3 Å². The van der Waals surface area contributed by atoms with Crippen LogP contribution in [0.5, 0.6) is 0 Å². The van der Waals surface area contributed by atoms with Crippen LogP contribution in [0.2, 0.25) is 0 Å². The number of nitrogens with two attached hydrogens (primary N) is 1. The molecule has 0 unspecified atom stereocenters. The Morgan fingerprint density at radius 2 is 2.00 bits per heavy atom. The molecule has 3 nitrogen and oxygen atoms in total. The lowest BCUT2D eigenvalue weighted by Crippen LogP contribution is -2.10. The molecule has 0 saturated heterocycles. The van der Waals surface area contributed by atoms with Gasteiger partial charge in [-0.2, -0.15) is 0 Å². The number of hydrogen-bond donors (Lipinski definition) is 2. The van der Waals surface area contributed by atoms with Crippen LogP contribution in [0.4, 0.5) is 15.8 Å². The minimum absolute atomic E-state index is 0.176. The minimum Gasteiger partial charge on any atom is -0.389 e. The van der Waals surface area contributed by atoms with E-state index in [2.05, 4.69) is 5.32 Å². The third kappa shape index (κ3) is 3.31. The highest BCUT2D eigenvalue weighted by molar-refractivity contribution is 7.80. The first kappa shape index (κ1) is 14.4. The Balaban J connectivity index is 2.28. The van der Waals surface area contributed by atoms with Crippen LogP contribution in [0.1, 0.15) is 11.1 Å². The van der Waals surface area contributed by atoms with Crippen molar-refractivity contribution in [3.05, 3.63) is 59.4 Å². The number of hydrogen-bond acceptors (Lipinski definition) is 3. The fourth-order valence-electron chi connectivity index (χ4n) is 1.84. The van der Waals surface area contributed by atoms with Crippen LogP contribution in [-0.4, -0.2) is 12.1 Å². The molecule has 2 rings (SSSR count). The summed E-state index contributed by atoms with van der Waals surface area (Å²) in [6.07, 6.45) is 0. The van der Waals surface area contributed by atoms with Gasteiger partial charge in [-0.15, -0.1) is 0 Å². The number of rotatable bonds is 5. The van der Waals surface area contributed by atoms with Crippen molar-refractivity contribution in [1.29, 1.82) is 0 Å². The summed E-state index contributed by atoms with van der Waals surface area (Å²) < 4.78 is 19.1. The molecule has 2 aromatic rings. The molecule has 2 aromatic carbocycles. The van der Waals surface area contributed by atoms with Crippen molar-refractivity contribution in [3.8, 4) is 0 Å². The molecule has 0 fully saturated rings. The third-order valence-corrected chi connectivity index (χ3v) is 3.08. The summed E-state index contributed by atoms with van der Waals surface area (Å²) in [5.74, 6) is -0.400. The standard InChI is InChI=1S/C15H15FN2OS/c1-19-9-11-4-2-3-5-13(11)18-14-7-6-10(15(17)20)8-12(14)16/h2-8,18H,9H2,1H3,(H2,17,20). The SMILES string of the molecule is COCc1ccccc1Nc1ccc(C(N)=S)cc1F. The predicted octanol–water partition coefficient (Wildman–Crippen LogP) is 3.35. The molecule has 0 atom stereocenters. The first-order chi connectivity index (χ1) is 9.61. The quantitative estimate of drug-likeness (QED) is 0.829. The molecule has 0 saturated carbocycles. The van der Waals surface area contributed by atoms with E-state index in [1.54, 1.807) is 19.2 Å². The number of thiocarbonyl (C=S) groups is 1. The van der Waals surface area contributed by atoms with E-state index < -0.39 is 5.82 Å². The van der Waals surface area contributed by atoms with E-state index in [-0.39, 0.29) is 4.99 Å². The van der Waals surface area contributed by atoms with E-state index >= 15 is 0 Å². The van der Waals surface area contributed by atoms with Crippen molar-refractivity contribution in [2.75, 3.05) is 12.4 Å². The van der Waals surface area contributed by atoms with Gasteiger partial charge in [0.2, 0.25) is 0 Å². The maximum absolute atomic E-state index is 14.0. The highest BCUT2D eigenvalue weighted by atomic mass is 32.1. The molecule has 0 bridgehead atoms. The van der Waals surface area contributed by atoms with Crippen LogP contribution in [0.15, 0.2) is 42.5 Å². The van der Waals surface area contributed by atoms with Crippen LogP contribution in [-0.2, 0) is 11.3 Å². The normalized spacial score (nSPS) is 10.3. The number of methoxy groups -OCH3 is 1. The zero-order chi connectivity index (χ0) is 14.5. The Kier molecular flexibility index (Phi) is 4.65. The number of benzene rings is 2. The highest BCUT2D eigenvalue weighted by Gasteiger charge is 2.07. The smallest absolute Gasteiger partial charge is 0.147 e. The second-order valence-corrected chi connectivity index (χ2v) is 4.71. The van der Waals surface area contributed by atoms with Gasteiger partial charge in [0.15, 0.2) is 0 Å². The van der Waals surface area contributed by atoms with Gasteiger partial charge in [0.1, 0.15) is 10.8 Å². The fraction of sp³-hybridized carbons (Fsp3) is 0.133. The van der Waals surface area contributed by atoms with Crippen molar-refractivity contribution in [2.45, 2.75) is 6.61 Å². The zero-order valence-electron chi connectivity index (χ0n) is 11.0. The first-order valence-corrected chi connectivity index (χ1v) is 6.46. The zero-order valence-corrected chi connectivity index (χ0v) is 11.8. The van der Waals surface area contributed by atoms with E-state index in [1.165, 1.54) is 6.07 Å². The monoisotopic (exact) mass is 290 g/mol. The van der Waals surface area contributed by atoms with Crippen molar-refractivity contribution in [3.63, 3.8) is 0 Å². The van der Waals surface area contributed by atoms with Crippen LogP contribution in [0, 0.1) is 5.82 Å². The molecule has 0 radical (unpaired) electrons. The maximum Gasteiger partial charge on any atom is 0.147 e. The second kappa shape index (κ2) is 6.45. The van der Waals surface area contributed by atoms with E-state index in [4.69, 9.17) is 22.7 Å². The van der Waals surface area contributed by atoms with Gasteiger partial charge in [-0.1, -0.05) is 30.4 Å². The molecular formula is C15H15FN2OS. The molecule has 0 aliphatic rings. The molecule has 5 heteroatoms. The Morgan fingerprint density at radius 1 is 1.25 bits per heavy atom. The predicted molar refractivity (Wildman–Crippen MR) is 82.7 cm³/mol. The van der Waals surface area contributed by atoms with Crippen molar-refractivity contribution in [1.82, 2.24) is 0 Å². The number of halogens is 1. The van der Waals surface area contributed by atoms with Crippen molar-refractivity contribution >= 4 is 28.6 Å². The van der Waals surface area contributed by atoms with Gasteiger partial charge in [-0.05, 0) is 24.3 Å². The van der Waals surface area contributed by atoms with Gasteiger partial charge in [-0.25, -0.2) is 4.39 Å². The van der Waals surface area contributed by atoms with Gasteiger partial charge in [-0.3, -0.25) is 0 Å². The first-order valence-electron chi connectivity index (χ1n) is 6.05. The van der Waals surface area contributed by atoms with Crippen LogP contribution < -0.4 is 11.1 Å². The van der Waals surface area contributed by atoms with Gasteiger partial charge < -0.3 is 15.8 Å². The fourth-order valence-corrected chi connectivity index (χ4v) is 1.97. The second-order valence-electron chi connectivity index (χ2n) is 4.27. The Bertz CT molecular complexity index is 631. The maximum atomic E-state index is 14.0. The Hall–Kier alpha value is -1.98. The van der Waals surface area contributed by atoms with E-state index in [0.717, 1.165) is 11.3 Å². The molecule has 20 heavy (non-hydrogen) atoms. The number of para-hydroxylation sites is 1. The minimum atomic E-state index is -0.400. The van der Waals surface area contributed by atoms with Gasteiger partial charge in [0.25, 0.3) is 0 Å². The number of nitrogens with one attached hydrogen (secondary N) is 1. The molecule has 0 aliphatic heterocycles. The lowest BCUT2D eigenvalue weighted by molar-refractivity contribution is 0.185. The van der Waals surface area contributed by atoms with Crippen molar-refractivity contribution < 1.29 is 9.13 Å². The molecule has 0 amide bonds. The van der Waals surface area contributed by atoms with Gasteiger partial charge in [0, 0.05) is 23.9 Å². The Morgan fingerprint density at radius 3 is 2.65 bits per heavy atom. The molecule has 0 aromatic heterocycles. The summed E-state index contributed by atoms with van der Waals surface area (Å²) in [5, 5.41) is 3.05. The molecular weight excluding hydrogens is 275 g/mol. The van der Waals surface area contributed by atoms with Crippen molar-refractivity contribution in [2.24, 2.45) is 5.73 Å². The topological polar surface area (TPSA) is 47.3 Å². The van der Waals surface area contributed by atoms with Crippen LogP contribution in [0.3, 0.4) is 0 Å². The third-order valence-electron chi connectivity index (χ3n) is 2.84.